The van der Waals surface area contributed by atoms with Crippen molar-refractivity contribution in [1.29, 1.82) is 0 Å². The molecular formula is C15H28N4O. The van der Waals surface area contributed by atoms with E-state index in [0.29, 0.717) is 17.9 Å². The van der Waals surface area contributed by atoms with Gasteiger partial charge in [-0.1, -0.05) is 27.7 Å². The van der Waals surface area contributed by atoms with Gasteiger partial charge < -0.3 is 10.6 Å². The smallest absolute Gasteiger partial charge is 0.241 e. The lowest BCUT2D eigenvalue weighted by Crippen LogP contribution is -2.24. The molecule has 0 fully saturated rings. The summed E-state index contributed by atoms with van der Waals surface area (Å²) in [6, 6.07) is 0.452. The van der Waals surface area contributed by atoms with E-state index >= 15 is 0 Å². The molecule has 0 aliphatic carbocycles. The van der Waals surface area contributed by atoms with E-state index in [4.69, 9.17) is 0 Å². The molecule has 0 aromatic carbocycles. The van der Waals surface area contributed by atoms with Crippen LogP contribution in [0.5, 0.6) is 0 Å². The summed E-state index contributed by atoms with van der Waals surface area (Å²) in [7, 11) is 1.63. The number of nitrogens with zero attached hydrogens (tertiary/aromatic N) is 2. The minimum atomic E-state index is -0.0411. The van der Waals surface area contributed by atoms with Crippen LogP contribution in [0.2, 0.25) is 0 Å². The molecule has 1 rings (SSSR count). The third-order valence-electron chi connectivity index (χ3n) is 3.10. The van der Waals surface area contributed by atoms with Gasteiger partial charge in [-0.05, 0) is 24.7 Å². The van der Waals surface area contributed by atoms with E-state index in [0.717, 1.165) is 18.5 Å². The van der Waals surface area contributed by atoms with Gasteiger partial charge in [-0.25, -0.2) is 0 Å². The molecule has 0 bridgehead atoms. The topological polar surface area (TPSA) is 59.0 Å². The van der Waals surface area contributed by atoms with Crippen LogP contribution >= 0.6 is 0 Å². The predicted octanol–water partition coefficient (Wildman–Crippen LogP) is 2.50. The van der Waals surface area contributed by atoms with Crippen molar-refractivity contribution in [2.24, 2.45) is 11.8 Å². The normalized spacial score (nSPS) is 11.4. The lowest BCUT2D eigenvalue weighted by Gasteiger charge is -2.22. The molecule has 0 atom stereocenters. The quantitative estimate of drug-likeness (QED) is 0.769. The lowest BCUT2D eigenvalue weighted by molar-refractivity contribution is -0.121. The molecule has 5 heteroatoms. The Labute approximate surface area is 122 Å². The first-order valence-electron chi connectivity index (χ1n) is 7.40. The van der Waals surface area contributed by atoms with Crippen LogP contribution in [0.15, 0.2) is 12.4 Å². The maximum atomic E-state index is 11.3. The number of likely N-dealkylation sites (N-methyl/N-ethyl adjacent to an activating group) is 1. The molecule has 0 unspecified atom stereocenters. The van der Waals surface area contributed by atoms with Crippen molar-refractivity contribution >= 4 is 11.6 Å². The average Bonchev–Trinajstić information content (AvgIpc) is 2.74. The molecule has 114 valence electrons. The molecule has 1 heterocycles. The molecule has 0 saturated carbocycles. The van der Waals surface area contributed by atoms with E-state index in [2.05, 4.69) is 43.4 Å². The van der Waals surface area contributed by atoms with Crippen LogP contribution in [0.25, 0.3) is 0 Å². The predicted molar refractivity (Wildman–Crippen MR) is 82.6 cm³/mol. The van der Waals surface area contributed by atoms with Gasteiger partial charge in [-0.15, -0.1) is 0 Å². The fourth-order valence-electron chi connectivity index (χ4n) is 2.34. The number of nitrogens with one attached hydrogen (secondary N) is 2. The number of rotatable bonds is 8. The summed E-state index contributed by atoms with van der Waals surface area (Å²) in [5.74, 6) is 1.28. The van der Waals surface area contributed by atoms with Crippen molar-refractivity contribution in [2.45, 2.75) is 53.1 Å². The van der Waals surface area contributed by atoms with Crippen LogP contribution in [0, 0.1) is 11.8 Å². The van der Waals surface area contributed by atoms with E-state index in [1.54, 1.807) is 17.9 Å². The fraction of sp³-hybridized carbons (Fsp3) is 0.733. The number of amides is 1. The summed E-state index contributed by atoms with van der Waals surface area (Å²) in [5.41, 5.74) is 0.986. The van der Waals surface area contributed by atoms with Crippen LogP contribution in [0.3, 0.4) is 0 Å². The van der Waals surface area contributed by atoms with Crippen LogP contribution in [0.4, 0.5) is 5.69 Å². The maximum absolute atomic E-state index is 11.3. The van der Waals surface area contributed by atoms with Gasteiger partial charge in [-0.2, -0.15) is 5.10 Å². The highest BCUT2D eigenvalue weighted by molar-refractivity contribution is 5.75. The zero-order valence-electron chi connectivity index (χ0n) is 13.3. The molecule has 0 radical (unpaired) electrons. The van der Waals surface area contributed by atoms with Gasteiger partial charge >= 0.3 is 0 Å². The number of anilines is 1. The average molecular weight is 280 g/mol. The van der Waals surface area contributed by atoms with Crippen molar-refractivity contribution in [3.63, 3.8) is 0 Å². The van der Waals surface area contributed by atoms with Crippen LogP contribution in [-0.4, -0.2) is 28.8 Å². The first-order chi connectivity index (χ1) is 9.40. The Morgan fingerprint density at radius 2 is 1.85 bits per heavy atom. The molecule has 5 nitrogen and oxygen atoms in total. The second-order valence-corrected chi connectivity index (χ2v) is 6.20. The van der Waals surface area contributed by atoms with Gasteiger partial charge in [0.25, 0.3) is 0 Å². The van der Waals surface area contributed by atoms with Crippen LogP contribution < -0.4 is 10.6 Å². The van der Waals surface area contributed by atoms with E-state index in [-0.39, 0.29) is 12.5 Å². The fourth-order valence-corrected chi connectivity index (χ4v) is 2.34. The minimum absolute atomic E-state index is 0.0411. The van der Waals surface area contributed by atoms with Gasteiger partial charge in [0, 0.05) is 19.3 Å². The summed E-state index contributed by atoms with van der Waals surface area (Å²) in [5, 5.41) is 10.3. The van der Waals surface area contributed by atoms with Gasteiger partial charge in [0.15, 0.2) is 0 Å². The number of hydrogen-bond acceptors (Lipinski definition) is 3. The molecule has 2 N–H and O–H groups in total. The summed E-state index contributed by atoms with van der Waals surface area (Å²) >= 11 is 0. The van der Waals surface area contributed by atoms with E-state index in [1.807, 2.05) is 6.20 Å². The lowest BCUT2D eigenvalue weighted by atomic mass is 9.95. The second-order valence-electron chi connectivity index (χ2n) is 6.20. The van der Waals surface area contributed by atoms with E-state index < -0.39 is 0 Å². The standard InChI is InChI=1S/C15H28N4O/c1-11(2)6-13(7-12(3)4)18-14-8-17-19(9-14)10-15(20)16-5/h8-9,11-13,18H,6-7,10H2,1-5H3,(H,16,20). The summed E-state index contributed by atoms with van der Waals surface area (Å²) in [4.78, 5) is 11.3. The van der Waals surface area contributed by atoms with E-state index in [9.17, 15) is 4.79 Å². The highest BCUT2D eigenvalue weighted by Gasteiger charge is 2.14. The highest BCUT2D eigenvalue weighted by atomic mass is 16.1. The first-order valence-corrected chi connectivity index (χ1v) is 7.40. The second kappa shape index (κ2) is 7.92. The first kappa shape index (κ1) is 16.5. The number of carbonyl (C=O) groups is 1. The summed E-state index contributed by atoms with van der Waals surface area (Å²) in [6.07, 6.45) is 5.96. The molecule has 0 saturated heterocycles. The van der Waals surface area contributed by atoms with Gasteiger partial charge in [0.05, 0.1) is 11.9 Å². The zero-order valence-corrected chi connectivity index (χ0v) is 13.3. The monoisotopic (exact) mass is 280 g/mol. The SMILES string of the molecule is CNC(=O)Cn1cc(NC(CC(C)C)CC(C)C)cn1. The van der Waals surface area contributed by atoms with Gasteiger partial charge in [0.2, 0.25) is 5.91 Å². The Bertz CT molecular complexity index is 402. The Morgan fingerprint density at radius 3 is 2.35 bits per heavy atom. The number of aromatic nitrogens is 2. The van der Waals surface area contributed by atoms with Crippen molar-refractivity contribution in [3.8, 4) is 0 Å². The van der Waals surface area contributed by atoms with Crippen molar-refractivity contribution in [1.82, 2.24) is 15.1 Å². The zero-order chi connectivity index (χ0) is 15.1. The Balaban J connectivity index is 2.61. The molecule has 0 spiro atoms. The third kappa shape index (κ3) is 6.08. The Morgan fingerprint density at radius 1 is 1.25 bits per heavy atom. The van der Waals surface area contributed by atoms with Gasteiger partial charge in [0.1, 0.15) is 6.54 Å². The Kier molecular flexibility index (Phi) is 6.55. The third-order valence-corrected chi connectivity index (χ3v) is 3.10. The van der Waals surface area contributed by atoms with Crippen molar-refractivity contribution in [3.05, 3.63) is 12.4 Å². The number of hydrogen-bond donors (Lipinski definition) is 2. The highest BCUT2D eigenvalue weighted by Crippen LogP contribution is 2.18. The molecule has 1 amide bonds. The maximum Gasteiger partial charge on any atom is 0.241 e. The molecular weight excluding hydrogens is 252 g/mol. The Hall–Kier alpha value is -1.52. The molecule has 0 aliphatic rings. The van der Waals surface area contributed by atoms with Crippen LogP contribution in [0.1, 0.15) is 40.5 Å². The van der Waals surface area contributed by atoms with Crippen molar-refractivity contribution < 1.29 is 4.79 Å². The largest absolute Gasteiger partial charge is 0.380 e. The summed E-state index contributed by atoms with van der Waals surface area (Å²) < 4.78 is 1.66. The van der Waals surface area contributed by atoms with Crippen LogP contribution in [-0.2, 0) is 11.3 Å². The minimum Gasteiger partial charge on any atom is -0.380 e. The summed E-state index contributed by atoms with van der Waals surface area (Å²) in [6.45, 7) is 9.22. The number of carbonyl (C=O) groups excluding carboxylic acids is 1. The molecule has 20 heavy (non-hydrogen) atoms. The molecule has 1 aromatic rings. The molecule has 0 aliphatic heterocycles. The van der Waals surface area contributed by atoms with E-state index in [1.165, 1.54) is 0 Å². The van der Waals surface area contributed by atoms with Crippen molar-refractivity contribution in [2.75, 3.05) is 12.4 Å². The van der Waals surface area contributed by atoms with Gasteiger partial charge in [-0.3, -0.25) is 9.48 Å². The molecule has 1 aromatic heterocycles.